The van der Waals surface area contributed by atoms with E-state index in [9.17, 15) is 13.2 Å². The summed E-state index contributed by atoms with van der Waals surface area (Å²) in [6, 6.07) is 1.90. The molecule has 0 radical (unpaired) electrons. The van der Waals surface area contributed by atoms with Crippen molar-refractivity contribution in [3.63, 3.8) is 0 Å². The highest BCUT2D eigenvalue weighted by Gasteiger charge is 2.28. The molecule has 0 atom stereocenters. The molecule has 1 N–H and O–H groups in total. The number of aromatic nitrogens is 2. The molecule has 0 aliphatic heterocycles. The van der Waals surface area contributed by atoms with E-state index in [2.05, 4.69) is 5.10 Å². The molecular formula is C12H18N4O4S. The maximum absolute atomic E-state index is 12.5. The molecule has 0 unspecified atom stereocenters. The van der Waals surface area contributed by atoms with Gasteiger partial charge in [-0.2, -0.15) is 14.7 Å². The summed E-state index contributed by atoms with van der Waals surface area (Å²) >= 11 is 0. The maximum atomic E-state index is 12.5. The van der Waals surface area contributed by atoms with Crippen molar-refractivity contribution in [2.24, 2.45) is 0 Å². The summed E-state index contributed by atoms with van der Waals surface area (Å²) in [7, 11) is -2.34. The van der Waals surface area contributed by atoms with Crippen LogP contribution in [0.15, 0.2) is 4.90 Å². The standard InChI is InChI=1S/C12H18N4O4S/c1-9-12(21(19,20)15(3)7-4-6-13)10(2)16(14-9)8-5-11(17)18/h4-5,7-8H2,1-3H3,(H,17,18). The fourth-order valence-electron chi connectivity index (χ4n) is 1.96. The fraction of sp³-hybridized carbons (Fsp3) is 0.583. The molecule has 8 nitrogen and oxygen atoms in total. The monoisotopic (exact) mass is 314 g/mol. The first-order chi connectivity index (χ1) is 9.71. The molecule has 0 aliphatic carbocycles. The largest absolute Gasteiger partial charge is 0.481 e. The quantitative estimate of drug-likeness (QED) is 0.783. The van der Waals surface area contributed by atoms with Gasteiger partial charge in [0.2, 0.25) is 10.0 Å². The van der Waals surface area contributed by atoms with E-state index in [0.717, 1.165) is 4.31 Å². The topological polar surface area (TPSA) is 116 Å². The number of nitrogens with zero attached hydrogens (tertiary/aromatic N) is 4. The van der Waals surface area contributed by atoms with Crippen molar-refractivity contribution in [2.45, 2.75) is 38.1 Å². The summed E-state index contributed by atoms with van der Waals surface area (Å²) < 4.78 is 27.4. The summed E-state index contributed by atoms with van der Waals surface area (Å²) in [5, 5.41) is 21.3. The Morgan fingerprint density at radius 2 is 2.10 bits per heavy atom. The van der Waals surface area contributed by atoms with Crippen molar-refractivity contribution in [1.82, 2.24) is 14.1 Å². The van der Waals surface area contributed by atoms with E-state index in [4.69, 9.17) is 10.4 Å². The number of carboxylic acid groups (broad SMARTS) is 1. The van der Waals surface area contributed by atoms with Crippen LogP contribution in [0.4, 0.5) is 0 Å². The second-order valence-electron chi connectivity index (χ2n) is 4.60. The summed E-state index contributed by atoms with van der Waals surface area (Å²) in [5.74, 6) is -0.974. The number of sulfonamides is 1. The molecule has 1 heterocycles. The van der Waals surface area contributed by atoms with Crippen molar-refractivity contribution in [1.29, 1.82) is 5.26 Å². The van der Waals surface area contributed by atoms with Gasteiger partial charge in [0.25, 0.3) is 0 Å². The lowest BCUT2D eigenvalue weighted by molar-refractivity contribution is -0.137. The Labute approximate surface area is 123 Å². The van der Waals surface area contributed by atoms with E-state index in [1.807, 2.05) is 6.07 Å². The second-order valence-corrected chi connectivity index (χ2v) is 6.58. The first kappa shape index (κ1) is 17.1. The van der Waals surface area contributed by atoms with Crippen LogP contribution in [0.25, 0.3) is 0 Å². The molecule has 0 spiro atoms. The highest BCUT2D eigenvalue weighted by atomic mass is 32.2. The van der Waals surface area contributed by atoms with Gasteiger partial charge < -0.3 is 5.11 Å². The predicted molar refractivity (Wildman–Crippen MR) is 74.0 cm³/mol. The van der Waals surface area contributed by atoms with Crippen molar-refractivity contribution < 1.29 is 18.3 Å². The molecule has 0 saturated heterocycles. The summed E-state index contributed by atoms with van der Waals surface area (Å²) in [4.78, 5) is 10.7. The van der Waals surface area contributed by atoms with Crippen molar-refractivity contribution in [2.75, 3.05) is 13.6 Å². The first-order valence-electron chi connectivity index (χ1n) is 6.31. The lowest BCUT2D eigenvalue weighted by Gasteiger charge is -2.15. The third kappa shape index (κ3) is 3.80. The summed E-state index contributed by atoms with van der Waals surface area (Å²) in [6.07, 6.45) is -0.0350. The third-order valence-corrected chi connectivity index (χ3v) is 5.17. The minimum atomic E-state index is -3.74. The van der Waals surface area contributed by atoms with E-state index < -0.39 is 16.0 Å². The predicted octanol–water partition coefficient (Wildman–Crippen LogP) is 0.509. The summed E-state index contributed by atoms with van der Waals surface area (Å²) in [6.45, 7) is 3.36. The Hall–Kier alpha value is -1.92. The third-order valence-electron chi connectivity index (χ3n) is 3.06. The molecule has 9 heteroatoms. The van der Waals surface area contributed by atoms with Crippen LogP contribution >= 0.6 is 0 Å². The molecule has 1 aromatic rings. The molecule has 1 aromatic heterocycles. The van der Waals surface area contributed by atoms with Gasteiger partial charge in [-0.15, -0.1) is 0 Å². The molecule has 0 saturated carbocycles. The molecule has 0 aromatic carbocycles. The lowest BCUT2D eigenvalue weighted by atomic mass is 10.4. The number of carboxylic acids is 1. The van der Waals surface area contributed by atoms with Gasteiger partial charge >= 0.3 is 5.97 Å². The Morgan fingerprint density at radius 3 is 2.62 bits per heavy atom. The number of hydrogen-bond acceptors (Lipinski definition) is 5. The Morgan fingerprint density at radius 1 is 1.48 bits per heavy atom. The number of carbonyl (C=O) groups is 1. The smallest absolute Gasteiger partial charge is 0.305 e. The molecule has 0 bridgehead atoms. The van der Waals surface area contributed by atoms with Crippen LogP contribution < -0.4 is 0 Å². The van der Waals surface area contributed by atoms with Crippen LogP contribution in [0, 0.1) is 25.2 Å². The van der Waals surface area contributed by atoms with Crippen LogP contribution in [0.1, 0.15) is 24.2 Å². The van der Waals surface area contributed by atoms with Gasteiger partial charge in [0, 0.05) is 20.0 Å². The average Bonchev–Trinajstić information content (AvgIpc) is 2.68. The number of aryl methyl sites for hydroxylation is 2. The van der Waals surface area contributed by atoms with Crippen molar-refractivity contribution in [3.8, 4) is 6.07 Å². The minimum absolute atomic E-state index is 0.0772. The maximum Gasteiger partial charge on any atom is 0.305 e. The Bertz CT molecular complexity index is 672. The molecule has 116 valence electrons. The minimum Gasteiger partial charge on any atom is -0.481 e. The van der Waals surface area contributed by atoms with Gasteiger partial charge in [0.05, 0.1) is 30.4 Å². The first-order valence-corrected chi connectivity index (χ1v) is 7.75. The van der Waals surface area contributed by atoms with Crippen molar-refractivity contribution >= 4 is 16.0 Å². The Kier molecular flexibility index (Phi) is 5.46. The van der Waals surface area contributed by atoms with E-state index in [1.165, 1.54) is 11.7 Å². The van der Waals surface area contributed by atoms with Crippen molar-refractivity contribution in [3.05, 3.63) is 11.4 Å². The fourth-order valence-corrected chi connectivity index (χ4v) is 3.49. The normalized spacial score (nSPS) is 11.6. The van der Waals surface area contributed by atoms with Gasteiger partial charge in [-0.05, 0) is 13.8 Å². The number of hydrogen-bond donors (Lipinski definition) is 1. The van der Waals surface area contributed by atoms with Crippen LogP contribution in [-0.4, -0.2) is 47.2 Å². The van der Waals surface area contributed by atoms with Crippen LogP contribution in [0.3, 0.4) is 0 Å². The average molecular weight is 314 g/mol. The second kappa shape index (κ2) is 6.69. The van der Waals surface area contributed by atoms with Gasteiger partial charge in [0.15, 0.2) is 0 Å². The van der Waals surface area contributed by atoms with E-state index in [-0.39, 0.29) is 30.8 Å². The number of nitriles is 1. The molecule has 1 rings (SSSR count). The zero-order chi connectivity index (χ0) is 16.2. The summed E-state index contributed by atoms with van der Waals surface area (Å²) in [5.41, 5.74) is 0.722. The van der Waals surface area contributed by atoms with Gasteiger partial charge in [-0.1, -0.05) is 0 Å². The Balaban J connectivity index is 3.13. The van der Waals surface area contributed by atoms with Gasteiger partial charge in [-0.25, -0.2) is 8.42 Å². The van der Waals surface area contributed by atoms with Crippen LogP contribution in [0.2, 0.25) is 0 Å². The molecule has 0 amide bonds. The highest BCUT2D eigenvalue weighted by Crippen LogP contribution is 2.23. The molecule has 21 heavy (non-hydrogen) atoms. The van der Waals surface area contributed by atoms with Crippen LogP contribution in [0.5, 0.6) is 0 Å². The number of aliphatic carboxylic acids is 1. The van der Waals surface area contributed by atoms with E-state index in [0.29, 0.717) is 11.4 Å². The molecule has 0 aliphatic rings. The zero-order valence-electron chi connectivity index (χ0n) is 12.2. The van der Waals surface area contributed by atoms with Gasteiger partial charge in [0.1, 0.15) is 4.90 Å². The SMILES string of the molecule is Cc1nn(CCC(=O)O)c(C)c1S(=O)(=O)N(C)CCC#N. The highest BCUT2D eigenvalue weighted by molar-refractivity contribution is 7.89. The van der Waals surface area contributed by atoms with Crippen LogP contribution in [-0.2, 0) is 21.4 Å². The van der Waals surface area contributed by atoms with Gasteiger partial charge in [-0.3, -0.25) is 9.48 Å². The number of rotatable bonds is 7. The molecule has 0 fully saturated rings. The lowest BCUT2D eigenvalue weighted by Crippen LogP contribution is -2.28. The van der Waals surface area contributed by atoms with E-state index in [1.54, 1.807) is 13.8 Å². The zero-order valence-corrected chi connectivity index (χ0v) is 13.0. The molecular weight excluding hydrogens is 296 g/mol. The van der Waals surface area contributed by atoms with E-state index >= 15 is 0 Å².